The molecule has 0 bridgehead atoms. The van der Waals surface area contributed by atoms with Crippen LogP contribution in [0.4, 0.5) is 10.5 Å². The first kappa shape index (κ1) is 26.8. The molecular weight excluding hydrogens is 546 g/mol. The fraction of sp³-hybridized carbons (Fsp3) is 0.360. The van der Waals surface area contributed by atoms with Crippen LogP contribution in [0.2, 0.25) is 0 Å². The van der Waals surface area contributed by atoms with Crippen LogP contribution in [-0.4, -0.2) is 55.8 Å². The van der Waals surface area contributed by atoms with Crippen LogP contribution in [0.1, 0.15) is 30.0 Å². The van der Waals surface area contributed by atoms with E-state index in [1.54, 1.807) is 13.3 Å². The Balaban J connectivity index is 1.57. The summed E-state index contributed by atoms with van der Waals surface area (Å²) in [6.45, 7) is 5.19. The normalized spacial score (nSPS) is 21.2. The third-order valence-electron chi connectivity index (χ3n) is 7.30. The average Bonchev–Trinajstić information content (AvgIpc) is 3.49. The average molecular weight is 573 g/mol. The minimum absolute atomic E-state index is 0.0790. The number of thiazole rings is 1. The van der Waals surface area contributed by atoms with E-state index in [9.17, 15) is 29.6 Å². The Bertz CT molecular complexity index is 1570. The van der Waals surface area contributed by atoms with Gasteiger partial charge in [0.1, 0.15) is 18.0 Å². The topological polar surface area (TPSA) is 162 Å². The highest BCUT2D eigenvalue weighted by atomic mass is 32.2. The molecule has 0 radical (unpaired) electrons. The number of hydrogen-bond acceptors (Lipinski definition) is 9. The van der Waals surface area contributed by atoms with Crippen molar-refractivity contribution < 1.29 is 33.6 Å². The molecule has 39 heavy (non-hydrogen) atoms. The van der Waals surface area contributed by atoms with Crippen molar-refractivity contribution in [1.29, 1.82) is 0 Å². The number of aliphatic hydroxyl groups excluding tert-OH is 1. The molecule has 12 nitrogen and oxygen atoms in total. The summed E-state index contributed by atoms with van der Waals surface area (Å²) in [6, 6.07) is 4.63. The molecular formula is C25H26N5O7S2+. The lowest BCUT2D eigenvalue weighted by atomic mass is 9.77. The fourth-order valence-electron chi connectivity index (χ4n) is 5.42. The van der Waals surface area contributed by atoms with E-state index in [4.69, 9.17) is 10.5 Å². The second-order valence-electron chi connectivity index (χ2n) is 9.54. The molecule has 4 atom stereocenters. The highest BCUT2D eigenvalue weighted by Crippen LogP contribution is 2.52. The van der Waals surface area contributed by atoms with Crippen LogP contribution in [0.15, 0.2) is 41.3 Å². The number of fused-ring (bicyclic) bond motifs is 2. The molecule has 3 N–H and O–H groups in total. The molecule has 204 valence electrons. The summed E-state index contributed by atoms with van der Waals surface area (Å²) in [6.07, 6.45) is 2.54. The van der Waals surface area contributed by atoms with E-state index in [1.165, 1.54) is 56.8 Å². The second kappa shape index (κ2) is 9.77. The van der Waals surface area contributed by atoms with Crippen molar-refractivity contribution in [3.05, 3.63) is 62.5 Å². The van der Waals surface area contributed by atoms with Gasteiger partial charge >= 0.3 is 12.0 Å². The molecule has 3 aromatic rings. The number of amides is 2. The fourth-order valence-corrected chi connectivity index (χ4v) is 7.70. The number of nitrogens with two attached hydrogens (primary N) is 1. The Kier molecular flexibility index (Phi) is 6.73. The molecule has 0 unspecified atom stereocenters. The number of aryl methyl sites for hydroxylation is 1. The summed E-state index contributed by atoms with van der Waals surface area (Å²) in [5.74, 6) is -1.99. The lowest BCUT2D eigenvalue weighted by Crippen LogP contribution is -2.63. The van der Waals surface area contributed by atoms with Gasteiger partial charge in [0.2, 0.25) is 15.8 Å². The largest absolute Gasteiger partial charge is 0.456 e. The Morgan fingerprint density at radius 3 is 2.56 bits per heavy atom. The smallest absolute Gasteiger partial charge is 0.411 e. The van der Waals surface area contributed by atoms with Gasteiger partial charge in [0, 0.05) is 23.6 Å². The lowest BCUT2D eigenvalue weighted by molar-refractivity contribution is -0.515. The summed E-state index contributed by atoms with van der Waals surface area (Å²) in [7, 11) is 0. The van der Waals surface area contributed by atoms with Gasteiger partial charge in [-0.3, -0.25) is 14.9 Å². The van der Waals surface area contributed by atoms with Crippen LogP contribution < -0.4 is 10.1 Å². The van der Waals surface area contributed by atoms with Gasteiger partial charge in [0.25, 0.3) is 12.0 Å². The maximum atomic E-state index is 13.6. The van der Waals surface area contributed by atoms with Gasteiger partial charge in [0.05, 0.1) is 27.9 Å². The van der Waals surface area contributed by atoms with E-state index < -0.39 is 35.0 Å². The number of hydrogen-bond donors (Lipinski definition) is 2. The molecule has 1 fully saturated rings. The maximum Gasteiger partial charge on any atom is 0.411 e. The number of imidazole rings is 1. The molecule has 2 aliphatic rings. The van der Waals surface area contributed by atoms with Crippen molar-refractivity contribution in [2.24, 2.45) is 17.6 Å². The van der Waals surface area contributed by atoms with E-state index in [2.05, 4.69) is 0 Å². The molecule has 2 aliphatic heterocycles. The molecule has 1 saturated heterocycles. The number of β-lactam (4-membered cyclic amide) rings is 1. The molecule has 0 saturated carbocycles. The van der Waals surface area contributed by atoms with Crippen molar-refractivity contribution in [1.82, 2.24) is 9.47 Å². The van der Waals surface area contributed by atoms with Gasteiger partial charge in [-0.05, 0) is 37.8 Å². The molecule has 1 aromatic carbocycles. The summed E-state index contributed by atoms with van der Waals surface area (Å²) in [4.78, 5) is 52.0. The number of aliphatic hydroxyl groups is 1. The quantitative estimate of drug-likeness (QED) is 0.109. The van der Waals surface area contributed by atoms with E-state index in [0.29, 0.717) is 16.2 Å². The Labute approximate surface area is 230 Å². The third-order valence-corrected chi connectivity index (χ3v) is 9.51. The summed E-state index contributed by atoms with van der Waals surface area (Å²) >= 11 is 2.74. The van der Waals surface area contributed by atoms with Gasteiger partial charge in [-0.25, -0.2) is 9.59 Å². The zero-order chi connectivity index (χ0) is 28.3. The minimum Gasteiger partial charge on any atom is -0.456 e. The number of benzene rings is 1. The zero-order valence-corrected chi connectivity index (χ0v) is 23.1. The highest BCUT2D eigenvalue weighted by Gasteiger charge is 2.60. The maximum absolute atomic E-state index is 13.6. The number of rotatable bonds is 7. The highest BCUT2D eigenvalue weighted by molar-refractivity contribution is 7.98. The van der Waals surface area contributed by atoms with E-state index in [0.717, 1.165) is 15.4 Å². The summed E-state index contributed by atoms with van der Waals surface area (Å²) < 4.78 is 8.80. The van der Waals surface area contributed by atoms with Crippen molar-refractivity contribution in [3.8, 4) is 0 Å². The van der Waals surface area contributed by atoms with Crippen LogP contribution in [0, 0.1) is 28.9 Å². The van der Waals surface area contributed by atoms with Crippen molar-refractivity contribution >= 4 is 57.1 Å². The minimum atomic E-state index is -0.893. The molecule has 2 aromatic heterocycles. The Hall–Kier alpha value is -3.75. The molecule has 5 rings (SSSR count). The molecule has 0 spiro atoms. The van der Waals surface area contributed by atoms with Gasteiger partial charge < -0.3 is 20.5 Å². The molecule has 4 heterocycles. The van der Waals surface area contributed by atoms with Crippen LogP contribution >= 0.6 is 23.1 Å². The third kappa shape index (κ3) is 4.10. The number of carbonyl (C=O) groups excluding carboxylic acids is 3. The summed E-state index contributed by atoms with van der Waals surface area (Å²) in [5.41, 5.74) is 7.54. The van der Waals surface area contributed by atoms with E-state index in [-0.39, 0.29) is 29.8 Å². The van der Waals surface area contributed by atoms with Crippen LogP contribution in [0.3, 0.4) is 0 Å². The van der Waals surface area contributed by atoms with Crippen molar-refractivity contribution in [2.45, 2.75) is 44.5 Å². The van der Waals surface area contributed by atoms with E-state index >= 15 is 0 Å². The predicted octanol–water partition coefficient (Wildman–Crippen LogP) is 2.47. The van der Waals surface area contributed by atoms with Crippen molar-refractivity contribution in [2.75, 3.05) is 6.26 Å². The van der Waals surface area contributed by atoms with Gasteiger partial charge in [0.15, 0.2) is 0 Å². The second-order valence-corrected chi connectivity index (χ2v) is 11.3. The number of non-ortho nitro benzene ring substituents is 1. The molecule has 2 amide bonds. The Morgan fingerprint density at radius 2 is 2.00 bits per heavy atom. The van der Waals surface area contributed by atoms with Crippen LogP contribution in [-0.2, 0) is 20.9 Å². The monoisotopic (exact) mass is 572 g/mol. The molecule has 0 aliphatic carbocycles. The van der Waals surface area contributed by atoms with E-state index in [1.807, 2.05) is 24.5 Å². The number of carbonyl (C=O) groups is 3. The van der Waals surface area contributed by atoms with Gasteiger partial charge in [-0.1, -0.05) is 30.0 Å². The first-order chi connectivity index (χ1) is 18.5. The first-order valence-corrected chi connectivity index (χ1v) is 14.1. The first-order valence-electron chi connectivity index (χ1n) is 12.0. The predicted molar refractivity (Wildman–Crippen MR) is 142 cm³/mol. The number of primary amides is 1. The number of nitrogens with zero attached hydrogens (tertiary/aromatic N) is 4. The number of thioether (sulfide) groups is 1. The zero-order valence-electron chi connectivity index (χ0n) is 21.5. The number of nitro benzene ring substituents is 1. The number of aromatic nitrogens is 2. The van der Waals surface area contributed by atoms with Gasteiger partial charge in [-0.2, -0.15) is 4.40 Å². The summed E-state index contributed by atoms with van der Waals surface area (Å²) in [5, 5.41) is 21.9. The SMILES string of the molecule is CSc1c2sc(C3=C(C(=O)OCc4ccc([N+](=O)[O-])cc4)N4C(=O)[C@H]([C@@H](C)O)[C@H]4[C@H]3C)c(C)[n+]2cn1C(N)=O. The Morgan fingerprint density at radius 1 is 1.33 bits per heavy atom. The number of ether oxygens (including phenoxy) is 1. The lowest BCUT2D eigenvalue weighted by Gasteiger charge is -2.46. The molecule has 14 heteroatoms. The van der Waals surface area contributed by atoms with Gasteiger partial charge in [-0.15, -0.1) is 4.57 Å². The van der Waals surface area contributed by atoms with Crippen molar-refractivity contribution in [3.63, 3.8) is 0 Å². The number of esters is 1. The number of nitro groups is 1. The van der Waals surface area contributed by atoms with Crippen LogP contribution in [0.5, 0.6) is 0 Å². The standard InChI is InChI=1S/C25H25N5O7S2/c1-11-16(20-12(2)27-10-28(25(26)34)22(38-4)23(27)39-20)19(29-18(11)17(13(3)31)21(29)32)24(33)37-9-14-5-7-15(8-6-14)30(35)36/h5-8,10-11,13,17-18,31H,9H2,1-4H3,(H-,26,34)/p+1/t11-,13+,17+,18+/m0/s1. The van der Waals surface area contributed by atoms with Crippen LogP contribution in [0.25, 0.3) is 10.4 Å².